The van der Waals surface area contributed by atoms with Crippen molar-refractivity contribution in [1.29, 1.82) is 0 Å². The fourth-order valence-corrected chi connectivity index (χ4v) is 4.40. The average Bonchev–Trinajstić information content (AvgIpc) is 3.01. The molecular weight excluding hydrogens is 443 g/mol. The van der Waals surface area contributed by atoms with Crippen molar-refractivity contribution in [2.45, 2.75) is 19.0 Å². The predicted octanol–water partition coefficient (Wildman–Crippen LogP) is 2.00. The van der Waals surface area contributed by atoms with Crippen LogP contribution in [0.15, 0.2) is 24.4 Å². The van der Waals surface area contributed by atoms with Crippen LogP contribution in [-0.2, 0) is 9.59 Å². The van der Waals surface area contributed by atoms with E-state index in [1.54, 1.807) is 30.1 Å². The highest BCUT2D eigenvalue weighted by Gasteiger charge is 2.54. The van der Waals surface area contributed by atoms with E-state index in [9.17, 15) is 22.8 Å². The second-order valence-electron chi connectivity index (χ2n) is 8.65. The molecule has 12 heteroatoms. The number of carbonyl (C=O) groups excluding carboxylic acids is 2. The molecule has 1 N–H and O–H groups in total. The lowest BCUT2D eigenvalue weighted by Crippen LogP contribution is -2.48. The Morgan fingerprint density at radius 2 is 1.76 bits per heavy atom. The number of aliphatic carboxylic acids is 1. The zero-order chi connectivity index (χ0) is 25.0. The van der Waals surface area contributed by atoms with E-state index in [-0.39, 0.29) is 17.9 Å². The highest BCUT2D eigenvalue weighted by molar-refractivity contribution is 5.85. The van der Waals surface area contributed by atoms with Gasteiger partial charge in [-0.15, -0.1) is 0 Å². The molecule has 1 aromatic rings. The van der Waals surface area contributed by atoms with Crippen molar-refractivity contribution in [3.63, 3.8) is 0 Å². The maximum absolute atomic E-state index is 13.2. The minimum absolute atomic E-state index is 0.0226. The van der Waals surface area contributed by atoms with Gasteiger partial charge < -0.3 is 24.7 Å². The second-order valence-corrected chi connectivity index (χ2v) is 8.65. The van der Waals surface area contributed by atoms with Crippen molar-refractivity contribution in [3.05, 3.63) is 24.4 Å². The predicted molar refractivity (Wildman–Crippen MR) is 115 cm³/mol. The maximum atomic E-state index is 13.2. The third-order valence-electron chi connectivity index (χ3n) is 5.89. The number of hydrogen-bond donors (Lipinski definition) is 1. The lowest BCUT2D eigenvalue weighted by Gasteiger charge is -2.34. The number of amides is 3. The van der Waals surface area contributed by atoms with Crippen molar-refractivity contribution in [2.75, 3.05) is 59.3 Å². The molecule has 9 nitrogen and oxygen atoms in total. The summed E-state index contributed by atoms with van der Waals surface area (Å²) in [5, 5.41) is 7.12. The summed E-state index contributed by atoms with van der Waals surface area (Å²) in [4.78, 5) is 46.5. The molecular formula is C21H30F3N5O4. The summed E-state index contributed by atoms with van der Waals surface area (Å²) in [6.07, 6.45) is -1.66. The highest BCUT2D eigenvalue weighted by Crippen LogP contribution is 2.45. The zero-order valence-corrected chi connectivity index (χ0v) is 19.2. The van der Waals surface area contributed by atoms with E-state index in [2.05, 4.69) is 9.88 Å². The number of aromatic nitrogens is 1. The van der Waals surface area contributed by atoms with Crippen LogP contribution in [0.3, 0.4) is 0 Å². The number of halogens is 3. The molecule has 2 aliphatic heterocycles. The summed E-state index contributed by atoms with van der Waals surface area (Å²) in [7, 11) is 7.21. The molecule has 1 aromatic heterocycles. The number of likely N-dealkylation sites (tertiary alicyclic amines) is 1. The van der Waals surface area contributed by atoms with Crippen LogP contribution in [0.2, 0.25) is 0 Å². The van der Waals surface area contributed by atoms with Crippen molar-refractivity contribution in [1.82, 2.24) is 19.7 Å². The first-order valence-corrected chi connectivity index (χ1v) is 10.4. The van der Waals surface area contributed by atoms with E-state index in [1.807, 2.05) is 37.2 Å². The standard InChI is InChI=1S/C19H29N5O2.C2HF3O2/c1-21(2)17(25)19-9-7-11-23(18(26)22(3)4)12-15(19)13-24(14-19)16-8-5-6-10-20-16;3-2(4,5)1(6)7/h5-6,8,10,15H,7,9,11-14H2,1-4H3;(H,6,7)/t15-,19-;/m0./s1. The molecule has 2 fully saturated rings. The number of alkyl halides is 3. The Morgan fingerprint density at radius 3 is 2.24 bits per heavy atom. The molecule has 0 bridgehead atoms. The Hall–Kier alpha value is -3.05. The van der Waals surface area contributed by atoms with E-state index in [0.29, 0.717) is 19.6 Å². The van der Waals surface area contributed by atoms with Gasteiger partial charge in [0, 0.05) is 66.5 Å². The third kappa shape index (κ3) is 6.05. The van der Waals surface area contributed by atoms with Gasteiger partial charge in [-0.1, -0.05) is 6.07 Å². The van der Waals surface area contributed by atoms with Gasteiger partial charge in [-0.3, -0.25) is 4.79 Å². The third-order valence-corrected chi connectivity index (χ3v) is 5.89. The summed E-state index contributed by atoms with van der Waals surface area (Å²) < 4.78 is 31.7. The molecule has 2 aliphatic rings. The van der Waals surface area contributed by atoms with E-state index in [0.717, 1.165) is 25.2 Å². The first-order chi connectivity index (χ1) is 15.3. The van der Waals surface area contributed by atoms with Crippen LogP contribution < -0.4 is 4.90 Å². The van der Waals surface area contributed by atoms with Crippen molar-refractivity contribution < 1.29 is 32.7 Å². The summed E-state index contributed by atoms with van der Waals surface area (Å²) in [5.74, 6) is -1.59. The molecule has 3 amide bonds. The molecule has 2 saturated heterocycles. The number of carboxylic acids is 1. The van der Waals surface area contributed by atoms with Crippen molar-refractivity contribution >= 4 is 23.7 Å². The van der Waals surface area contributed by atoms with Crippen LogP contribution in [0.5, 0.6) is 0 Å². The second kappa shape index (κ2) is 10.3. The Morgan fingerprint density at radius 1 is 1.12 bits per heavy atom. The van der Waals surface area contributed by atoms with Gasteiger partial charge in [-0.05, 0) is 25.0 Å². The molecule has 33 heavy (non-hydrogen) atoms. The van der Waals surface area contributed by atoms with Crippen LogP contribution in [0, 0.1) is 11.3 Å². The van der Waals surface area contributed by atoms with Gasteiger partial charge >= 0.3 is 18.2 Å². The Kier molecular flexibility index (Phi) is 8.15. The summed E-state index contributed by atoms with van der Waals surface area (Å²) in [6.45, 7) is 2.73. The number of rotatable bonds is 2. The van der Waals surface area contributed by atoms with Crippen molar-refractivity contribution in [2.24, 2.45) is 11.3 Å². The normalized spacial score (nSPS) is 22.5. The molecule has 2 atom stereocenters. The van der Waals surface area contributed by atoms with Gasteiger partial charge in [0.15, 0.2) is 0 Å². The molecule has 0 spiro atoms. The summed E-state index contributed by atoms with van der Waals surface area (Å²) >= 11 is 0. The largest absolute Gasteiger partial charge is 0.490 e. The number of hydrogen-bond acceptors (Lipinski definition) is 5. The SMILES string of the molecule is CN(C)C(=O)N1CCC[C@]2(C(=O)N(C)C)CN(c3ccccn3)C[C@@H]2C1.O=C(O)C(F)(F)F. The van der Waals surface area contributed by atoms with E-state index < -0.39 is 17.6 Å². The van der Waals surface area contributed by atoms with Gasteiger partial charge in [0.1, 0.15) is 5.82 Å². The lowest BCUT2D eigenvalue weighted by molar-refractivity contribution is -0.192. The fourth-order valence-electron chi connectivity index (χ4n) is 4.40. The topological polar surface area (TPSA) is 97.3 Å². The number of carbonyl (C=O) groups is 3. The molecule has 3 rings (SSSR count). The number of fused-ring (bicyclic) bond motifs is 1. The van der Waals surface area contributed by atoms with Crippen LogP contribution in [0.25, 0.3) is 0 Å². The van der Waals surface area contributed by atoms with Gasteiger partial charge in [-0.25, -0.2) is 14.6 Å². The van der Waals surface area contributed by atoms with Crippen LogP contribution in [0.4, 0.5) is 23.8 Å². The first-order valence-electron chi connectivity index (χ1n) is 10.4. The number of nitrogens with zero attached hydrogens (tertiary/aromatic N) is 5. The van der Waals surface area contributed by atoms with E-state index in [1.165, 1.54) is 0 Å². The molecule has 0 radical (unpaired) electrons. The van der Waals surface area contributed by atoms with Crippen LogP contribution in [0.1, 0.15) is 12.8 Å². The van der Waals surface area contributed by atoms with Crippen LogP contribution >= 0.6 is 0 Å². The molecule has 0 aliphatic carbocycles. The van der Waals surface area contributed by atoms with Crippen LogP contribution in [-0.4, -0.2) is 103 Å². The zero-order valence-electron chi connectivity index (χ0n) is 19.2. The minimum atomic E-state index is -5.08. The molecule has 3 heterocycles. The highest BCUT2D eigenvalue weighted by atomic mass is 19.4. The first kappa shape index (κ1) is 26.2. The summed E-state index contributed by atoms with van der Waals surface area (Å²) in [6, 6.07) is 5.88. The molecule has 0 unspecified atom stereocenters. The smallest absolute Gasteiger partial charge is 0.475 e. The van der Waals surface area contributed by atoms with Gasteiger partial charge in [0.25, 0.3) is 0 Å². The van der Waals surface area contributed by atoms with Crippen molar-refractivity contribution in [3.8, 4) is 0 Å². The Labute approximate surface area is 190 Å². The lowest BCUT2D eigenvalue weighted by atomic mass is 9.74. The molecule has 0 aromatic carbocycles. The number of urea groups is 1. The average molecular weight is 473 g/mol. The molecule has 184 valence electrons. The summed E-state index contributed by atoms with van der Waals surface area (Å²) in [5.41, 5.74) is -0.456. The quantitative estimate of drug-likeness (QED) is 0.706. The fraction of sp³-hybridized carbons (Fsp3) is 0.619. The number of carboxylic acid groups (broad SMARTS) is 1. The van der Waals surface area contributed by atoms with Gasteiger partial charge in [-0.2, -0.15) is 13.2 Å². The van der Waals surface area contributed by atoms with E-state index >= 15 is 0 Å². The monoisotopic (exact) mass is 473 g/mol. The van der Waals surface area contributed by atoms with Gasteiger partial charge in [0.05, 0.1) is 5.41 Å². The Bertz CT molecular complexity index is 850. The molecule has 0 saturated carbocycles. The maximum Gasteiger partial charge on any atom is 0.490 e. The van der Waals surface area contributed by atoms with Gasteiger partial charge in [0.2, 0.25) is 5.91 Å². The minimum Gasteiger partial charge on any atom is -0.475 e. The number of pyridine rings is 1. The number of anilines is 1. The van der Waals surface area contributed by atoms with E-state index in [4.69, 9.17) is 9.90 Å². The Balaban J connectivity index is 0.000000479.